The number of fused-ring (bicyclic) bond motifs is 2. The third-order valence-electron chi connectivity index (χ3n) is 5.03. The van der Waals surface area contributed by atoms with Gasteiger partial charge in [0.15, 0.2) is 0 Å². The van der Waals surface area contributed by atoms with Crippen molar-refractivity contribution in [2.75, 3.05) is 11.4 Å². The second kappa shape index (κ2) is 6.42. The van der Waals surface area contributed by atoms with E-state index in [9.17, 15) is 22.8 Å². The molecule has 148 valence electrons. The average molecular weight is 384 g/mol. The minimum absolute atomic E-state index is 0.176. The summed E-state index contributed by atoms with van der Waals surface area (Å²) in [5.41, 5.74) is -1.01. The van der Waals surface area contributed by atoms with Crippen LogP contribution < -0.4 is 4.90 Å². The van der Waals surface area contributed by atoms with Crippen LogP contribution in [0.2, 0.25) is 0 Å². The molecule has 0 spiro atoms. The van der Waals surface area contributed by atoms with Crippen molar-refractivity contribution in [1.82, 2.24) is 4.90 Å². The molecule has 2 aliphatic heterocycles. The van der Waals surface area contributed by atoms with Crippen molar-refractivity contribution in [1.29, 1.82) is 0 Å². The number of carbonyl (C=O) groups excluding carboxylic acids is 2. The van der Waals surface area contributed by atoms with Crippen molar-refractivity contribution in [2.45, 2.75) is 58.0 Å². The SMILES string of the molecule is CC1C2CC(CN(c3ccc(C(F)(F)F)cc3)C2=O)N1C(=O)OC(C)(C)C. The Hall–Kier alpha value is -2.25. The summed E-state index contributed by atoms with van der Waals surface area (Å²) in [6.07, 6.45) is -4.36. The zero-order chi connectivity index (χ0) is 20.1. The highest BCUT2D eigenvalue weighted by atomic mass is 19.4. The molecule has 8 heteroatoms. The van der Waals surface area contributed by atoms with Gasteiger partial charge in [-0.2, -0.15) is 13.2 Å². The molecule has 2 bridgehead atoms. The van der Waals surface area contributed by atoms with Gasteiger partial charge < -0.3 is 9.64 Å². The lowest BCUT2D eigenvalue weighted by Crippen LogP contribution is -2.48. The Balaban J connectivity index is 1.82. The Kier molecular flexibility index (Phi) is 4.64. The lowest BCUT2D eigenvalue weighted by Gasteiger charge is -2.33. The number of alkyl halides is 3. The number of hydrogen-bond acceptors (Lipinski definition) is 3. The van der Waals surface area contributed by atoms with Crippen molar-refractivity contribution in [3.63, 3.8) is 0 Å². The zero-order valence-electron chi connectivity index (χ0n) is 15.7. The van der Waals surface area contributed by atoms with Gasteiger partial charge in [0.2, 0.25) is 5.91 Å². The summed E-state index contributed by atoms with van der Waals surface area (Å²) in [6, 6.07) is 3.99. The van der Waals surface area contributed by atoms with Crippen LogP contribution in [0.4, 0.5) is 23.7 Å². The quantitative estimate of drug-likeness (QED) is 0.734. The van der Waals surface area contributed by atoms with Gasteiger partial charge in [0.25, 0.3) is 0 Å². The van der Waals surface area contributed by atoms with Gasteiger partial charge in [-0.25, -0.2) is 4.79 Å². The average Bonchev–Trinajstić information content (AvgIpc) is 2.81. The van der Waals surface area contributed by atoms with Crippen LogP contribution >= 0.6 is 0 Å². The maximum absolute atomic E-state index is 12.9. The molecule has 1 aromatic rings. The van der Waals surface area contributed by atoms with Crippen molar-refractivity contribution in [3.05, 3.63) is 29.8 Å². The highest BCUT2D eigenvalue weighted by Crippen LogP contribution is 2.39. The number of carbonyl (C=O) groups is 2. The van der Waals surface area contributed by atoms with Crippen LogP contribution in [-0.4, -0.2) is 41.1 Å². The number of likely N-dealkylation sites (tertiary alicyclic amines) is 1. The topological polar surface area (TPSA) is 49.9 Å². The van der Waals surface area contributed by atoms with Crippen LogP contribution in [0.1, 0.15) is 39.7 Å². The number of nitrogens with zero attached hydrogens (tertiary/aromatic N) is 2. The number of ether oxygens (including phenoxy) is 1. The Bertz CT molecular complexity index is 740. The smallest absolute Gasteiger partial charge is 0.416 e. The summed E-state index contributed by atoms with van der Waals surface area (Å²) < 4.78 is 43.7. The highest BCUT2D eigenvalue weighted by molar-refractivity contribution is 5.97. The van der Waals surface area contributed by atoms with Gasteiger partial charge in [0, 0.05) is 18.3 Å². The molecule has 0 aliphatic carbocycles. The first-order valence-corrected chi connectivity index (χ1v) is 8.88. The molecule has 2 saturated heterocycles. The second-order valence-corrected chi connectivity index (χ2v) is 8.12. The third kappa shape index (κ3) is 3.75. The second-order valence-electron chi connectivity index (χ2n) is 8.12. The summed E-state index contributed by atoms with van der Waals surface area (Å²) >= 11 is 0. The predicted molar refractivity (Wildman–Crippen MR) is 93.2 cm³/mol. The molecule has 0 N–H and O–H groups in total. The molecule has 2 heterocycles. The molecular weight excluding hydrogens is 361 g/mol. The van der Waals surface area contributed by atoms with E-state index in [-0.39, 0.29) is 24.5 Å². The molecule has 2 amide bonds. The van der Waals surface area contributed by atoms with Crippen molar-refractivity contribution >= 4 is 17.7 Å². The Morgan fingerprint density at radius 1 is 1.15 bits per heavy atom. The molecule has 3 unspecified atom stereocenters. The van der Waals surface area contributed by atoms with E-state index in [4.69, 9.17) is 4.74 Å². The third-order valence-corrected chi connectivity index (χ3v) is 5.03. The maximum atomic E-state index is 12.9. The molecule has 0 aromatic heterocycles. The van der Waals surface area contributed by atoms with Gasteiger partial charge in [0.1, 0.15) is 5.60 Å². The minimum Gasteiger partial charge on any atom is -0.444 e. The van der Waals surface area contributed by atoms with Gasteiger partial charge in [-0.3, -0.25) is 9.69 Å². The molecule has 0 saturated carbocycles. The number of benzene rings is 1. The Morgan fingerprint density at radius 2 is 1.74 bits per heavy atom. The van der Waals surface area contributed by atoms with Crippen molar-refractivity contribution in [3.8, 4) is 0 Å². The van der Waals surface area contributed by atoms with E-state index >= 15 is 0 Å². The molecule has 0 radical (unpaired) electrons. The molecule has 2 aliphatic rings. The summed E-state index contributed by atoms with van der Waals surface area (Å²) in [4.78, 5) is 28.5. The first-order chi connectivity index (χ1) is 12.4. The molecule has 1 aromatic carbocycles. The van der Waals surface area contributed by atoms with E-state index in [0.717, 1.165) is 12.1 Å². The molecule has 3 atom stereocenters. The number of piperidine rings is 1. The van der Waals surface area contributed by atoms with Crippen molar-refractivity contribution < 1.29 is 27.5 Å². The molecule has 2 fully saturated rings. The summed E-state index contributed by atoms with van der Waals surface area (Å²) in [6.45, 7) is 7.37. The van der Waals surface area contributed by atoms with Gasteiger partial charge in [-0.05, 0) is 58.4 Å². The van der Waals surface area contributed by atoms with E-state index in [0.29, 0.717) is 12.1 Å². The maximum Gasteiger partial charge on any atom is 0.416 e. The normalized spacial score (nSPS) is 25.7. The first-order valence-electron chi connectivity index (χ1n) is 8.88. The van der Waals surface area contributed by atoms with E-state index in [1.807, 2.05) is 6.92 Å². The summed E-state index contributed by atoms with van der Waals surface area (Å²) in [7, 11) is 0. The molecular formula is C19H23F3N2O3. The van der Waals surface area contributed by atoms with Gasteiger partial charge in [-0.15, -0.1) is 0 Å². The predicted octanol–water partition coefficient (Wildman–Crippen LogP) is 4.07. The lowest BCUT2D eigenvalue weighted by molar-refractivity contribution is -0.137. The largest absolute Gasteiger partial charge is 0.444 e. The van der Waals surface area contributed by atoms with Crippen LogP contribution in [0.3, 0.4) is 0 Å². The van der Waals surface area contributed by atoms with E-state index in [1.54, 1.807) is 25.7 Å². The molecule has 27 heavy (non-hydrogen) atoms. The van der Waals surface area contributed by atoms with Crippen LogP contribution in [0.25, 0.3) is 0 Å². The number of amides is 2. The van der Waals surface area contributed by atoms with E-state index in [2.05, 4.69) is 0 Å². The fourth-order valence-electron chi connectivity index (χ4n) is 3.79. The summed E-state index contributed by atoms with van der Waals surface area (Å²) in [5, 5.41) is 0. The highest BCUT2D eigenvalue weighted by Gasteiger charge is 2.51. The van der Waals surface area contributed by atoms with Crippen LogP contribution in [0.15, 0.2) is 24.3 Å². The Labute approximate surface area is 156 Å². The van der Waals surface area contributed by atoms with Crippen LogP contribution in [-0.2, 0) is 15.7 Å². The van der Waals surface area contributed by atoms with Gasteiger partial charge >= 0.3 is 12.3 Å². The molecule has 3 rings (SSSR count). The van der Waals surface area contributed by atoms with Crippen molar-refractivity contribution in [2.24, 2.45) is 5.92 Å². The fourth-order valence-corrected chi connectivity index (χ4v) is 3.79. The van der Waals surface area contributed by atoms with E-state index in [1.165, 1.54) is 17.0 Å². The standard InChI is InChI=1S/C19H23F3N2O3/c1-11-15-9-14(24(11)17(26)27-18(2,3)4)10-23(16(15)25)13-7-5-12(6-8-13)19(20,21)22/h5-8,11,14-15H,9-10H2,1-4H3. The van der Waals surface area contributed by atoms with Crippen LogP contribution in [0.5, 0.6) is 0 Å². The number of hydrogen-bond donors (Lipinski definition) is 0. The fraction of sp³-hybridized carbons (Fsp3) is 0.579. The monoisotopic (exact) mass is 384 g/mol. The van der Waals surface area contributed by atoms with E-state index < -0.39 is 29.4 Å². The van der Waals surface area contributed by atoms with Crippen LogP contribution in [0, 0.1) is 5.92 Å². The molecule has 5 nitrogen and oxygen atoms in total. The zero-order valence-corrected chi connectivity index (χ0v) is 15.7. The number of halogens is 3. The number of rotatable bonds is 1. The summed E-state index contributed by atoms with van der Waals surface area (Å²) in [5.74, 6) is -0.567. The Morgan fingerprint density at radius 3 is 2.26 bits per heavy atom. The first kappa shape index (κ1) is 19.5. The minimum atomic E-state index is -4.43. The van der Waals surface area contributed by atoms with Gasteiger partial charge in [0.05, 0.1) is 17.5 Å². The van der Waals surface area contributed by atoms with Gasteiger partial charge in [-0.1, -0.05) is 0 Å². The number of anilines is 1. The lowest BCUT2D eigenvalue weighted by atomic mass is 9.94.